The highest BCUT2D eigenvalue weighted by Gasteiger charge is 2.20. The van der Waals surface area contributed by atoms with Crippen LogP contribution >= 0.6 is 0 Å². The van der Waals surface area contributed by atoms with Gasteiger partial charge in [-0.3, -0.25) is 4.79 Å². The average molecular weight is 313 g/mol. The summed E-state index contributed by atoms with van der Waals surface area (Å²) in [5.74, 6) is 1.09. The Hall–Kier alpha value is -2.49. The molecule has 0 bridgehead atoms. The second-order valence-electron chi connectivity index (χ2n) is 5.25. The van der Waals surface area contributed by atoms with Gasteiger partial charge < -0.3 is 14.8 Å². The minimum Gasteiger partial charge on any atom is -0.490 e. The van der Waals surface area contributed by atoms with Crippen molar-refractivity contribution in [2.75, 3.05) is 11.9 Å². The van der Waals surface area contributed by atoms with Crippen LogP contribution in [0.3, 0.4) is 0 Å². The maximum absolute atomic E-state index is 12.4. The summed E-state index contributed by atoms with van der Waals surface area (Å²) >= 11 is 0. The molecule has 0 spiro atoms. The highest BCUT2D eigenvalue weighted by atomic mass is 16.5. The van der Waals surface area contributed by atoms with Gasteiger partial charge in [-0.05, 0) is 50.1 Å². The molecule has 2 aromatic rings. The van der Waals surface area contributed by atoms with Crippen molar-refractivity contribution in [2.24, 2.45) is 0 Å². The zero-order valence-electron chi connectivity index (χ0n) is 13.8. The number of para-hydroxylation sites is 1. The number of rotatable bonds is 7. The average Bonchev–Trinajstić information content (AvgIpc) is 2.55. The first kappa shape index (κ1) is 16.9. The molecule has 0 unspecified atom stereocenters. The van der Waals surface area contributed by atoms with Crippen LogP contribution in [0.1, 0.15) is 25.8 Å². The van der Waals surface area contributed by atoms with Crippen molar-refractivity contribution in [3.63, 3.8) is 0 Å². The van der Waals surface area contributed by atoms with Crippen LogP contribution in [-0.2, 0) is 4.79 Å². The second-order valence-corrected chi connectivity index (χ2v) is 5.25. The van der Waals surface area contributed by atoms with E-state index in [1.807, 2.05) is 69.3 Å². The topological polar surface area (TPSA) is 47.6 Å². The summed E-state index contributed by atoms with van der Waals surface area (Å²) < 4.78 is 11.5. The van der Waals surface area contributed by atoms with E-state index >= 15 is 0 Å². The van der Waals surface area contributed by atoms with Gasteiger partial charge in [0.15, 0.2) is 17.6 Å². The minimum absolute atomic E-state index is 0.165. The Balaban J connectivity index is 2.11. The summed E-state index contributed by atoms with van der Waals surface area (Å²) in [7, 11) is 0. The molecule has 0 fully saturated rings. The highest BCUT2D eigenvalue weighted by Crippen LogP contribution is 2.29. The summed E-state index contributed by atoms with van der Waals surface area (Å²) in [5, 5.41) is 2.87. The summed E-state index contributed by atoms with van der Waals surface area (Å²) in [6.07, 6.45) is -0.00454. The first-order chi connectivity index (χ1) is 11.1. The van der Waals surface area contributed by atoms with E-state index in [4.69, 9.17) is 9.47 Å². The van der Waals surface area contributed by atoms with Crippen molar-refractivity contribution in [3.8, 4) is 11.5 Å². The molecule has 1 N–H and O–H groups in total. The van der Waals surface area contributed by atoms with E-state index < -0.39 is 6.10 Å². The molecule has 0 saturated heterocycles. The van der Waals surface area contributed by atoms with Gasteiger partial charge in [0, 0.05) is 5.69 Å². The van der Waals surface area contributed by atoms with Crippen LogP contribution in [0.5, 0.6) is 11.5 Å². The number of ether oxygens (including phenoxy) is 2. The molecule has 0 heterocycles. The lowest BCUT2D eigenvalue weighted by Crippen LogP contribution is -2.32. The molecule has 23 heavy (non-hydrogen) atoms. The SMILES string of the molecule is CCOc1cc(C)ccc1O[C@@H](CC)C(=O)Nc1ccccc1. The fourth-order valence-corrected chi connectivity index (χ4v) is 2.20. The molecule has 0 saturated carbocycles. The Morgan fingerprint density at radius 3 is 2.48 bits per heavy atom. The fourth-order valence-electron chi connectivity index (χ4n) is 2.20. The van der Waals surface area contributed by atoms with Gasteiger partial charge in [0.1, 0.15) is 0 Å². The molecule has 0 aliphatic rings. The third-order valence-electron chi connectivity index (χ3n) is 3.37. The smallest absolute Gasteiger partial charge is 0.265 e. The van der Waals surface area contributed by atoms with Crippen LogP contribution < -0.4 is 14.8 Å². The van der Waals surface area contributed by atoms with E-state index in [1.54, 1.807) is 0 Å². The Morgan fingerprint density at radius 1 is 1.09 bits per heavy atom. The molecule has 2 rings (SSSR count). The lowest BCUT2D eigenvalue weighted by atomic mass is 10.2. The first-order valence-electron chi connectivity index (χ1n) is 7.90. The van der Waals surface area contributed by atoms with Gasteiger partial charge in [0.05, 0.1) is 6.61 Å². The Morgan fingerprint density at radius 2 is 1.83 bits per heavy atom. The van der Waals surface area contributed by atoms with Crippen molar-refractivity contribution in [3.05, 3.63) is 54.1 Å². The number of carbonyl (C=O) groups is 1. The molecule has 4 nitrogen and oxygen atoms in total. The van der Waals surface area contributed by atoms with Gasteiger partial charge >= 0.3 is 0 Å². The summed E-state index contributed by atoms with van der Waals surface area (Å²) in [6, 6.07) is 15.1. The third-order valence-corrected chi connectivity index (χ3v) is 3.37. The van der Waals surface area contributed by atoms with Crippen LogP contribution in [-0.4, -0.2) is 18.6 Å². The van der Waals surface area contributed by atoms with E-state index in [1.165, 1.54) is 0 Å². The first-order valence-corrected chi connectivity index (χ1v) is 7.90. The Labute approximate surface area is 137 Å². The van der Waals surface area contributed by atoms with Gasteiger partial charge in [-0.1, -0.05) is 31.2 Å². The number of aryl methyl sites for hydroxylation is 1. The normalized spacial score (nSPS) is 11.6. The van der Waals surface area contributed by atoms with Crippen LogP contribution in [0, 0.1) is 6.92 Å². The van der Waals surface area contributed by atoms with Crippen molar-refractivity contribution in [1.82, 2.24) is 0 Å². The van der Waals surface area contributed by atoms with Crippen molar-refractivity contribution >= 4 is 11.6 Å². The van der Waals surface area contributed by atoms with Crippen molar-refractivity contribution < 1.29 is 14.3 Å². The van der Waals surface area contributed by atoms with Crippen molar-refractivity contribution in [1.29, 1.82) is 0 Å². The number of carbonyl (C=O) groups excluding carboxylic acids is 1. The number of benzene rings is 2. The van der Waals surface area contributed by atoms with Crippen molar-refractivity contribution in [2.45, 2.75) is 33.3 Å². The lowest BCUT2D eigenvalue weighted by Gasteiger charge is -2.19. The van der Waals surface area contributed by atoms with Crippen LogP contribution in [0.2, 0.25) is 0 Å². The monoisotopic (exact) mass is 313 g/mol. The van der Waals surface area contributed by atoms with Crippen LogP contribution in [0.4, 0.5) is 5.69 Å². The molecule has 1 atom stereocenters. The molecule has 2 aromatic carbocycles. The molecule has 122 valence electrons. The number of nitrogens with one attached hydrogen (secondary N) is 1. The molecule has 0 aliphatic carbocycles. The fraction of sp³-hybridized carbons (Fsp3) is 0.316. The Bertz CT molecular complexity index is 640. The third kappa shape index (κ3) is 4.74. The molecular formula is C19H23NO3. The lowest BCUT2D eigenvalue weighted by molar-refractivity contribution is -0.122. The highest BCUT2D eigenvalue weighted by molar-refractivity contribution is 5.94. The molecule has 0 aromatic heterocycles. The maximum Gasteiger partial charge on any atom is 0.265 e. The molecule has 0 radical (unpaired) electrons. The van der Waals surface area contributed by atoms with Crippen LogP contribution in [0.25, 0.3) is 0 Å². The van der Waals surface area contributed by atoms with E-state index in [0.717, 1.165) is 11.3 Å². The zero-order chi connectivity index (χ0) is 16.7. The standard InChI is InChI=1S/C19H23NO3/c1-4-16(19(21)20-15-9-7-6-8-10-15)23-17-12-11-14(3)13-18(17)22-5-2/h6-13,16H,4-5H2,1-3H3,(H,20,21)/t16-/m0/s1. The minimum atomic E-state index is -0.572. The number of anilines is 1. The number of hydrogen-bond acceptors (Lipinski definition) is 3. The number of amides is 1. The molecular weight excluding hydrogens is 290 g/mol. The Kier molecular flexibility index (Phi) is 6.03. The van der Waals surface area contributed by atoms with E-state index in [0.29, 0.717) is 24.5 Å². The van der Waals surface area contributed by atoms with Gasteiger partial charge in [-0.25, -0.2) is 0 Å². The molecule has 0 aliphatic heterocycles. The van der Waals surface area contributed by atoms with Gasteiger partial charge in [-0.2, -0.15) is 0 Å². The van der Waals surface area contributed by atoms with Gasteiger partial charge in [-0.15, -0.1) is 0 Å². The molecule has 1 amide bonds. The predicted octanol–water partition coefficient (Wildman–Crippen LogP) is 4.19. The van der Waals surface area contributed by atoms with Crippen LogP contribution in [0.15, 0.2) is 48.5 Å². The van der Waals surface area contributed by atoms with Gasteiger partial charge in [0.25, 0.3) is 5.91 Å². The largest absolute Gasteiger partial charge is 0.490 e. The summed E-state index contributed by atoms with van der Waals surface area (Å²) in [6.45, 7) is 6.38. The predicted molar refractivity (Wildman–Crippen MR) is 92.1 cm³/mol. The van der Waals surface area contributed by atoms with E-state index in [9.17, 15) is 4.79 Å². The molecule has 4 heteroatoms. The number of hydrogen-bond donors (Lipinski definition) is 1. The second kappa shape index (κ2) is 8.22. The summed E-state index contributed by atoms with van der Waals surface area (Å²) in [5.41, 5.74) is 1.84. The summed E-state index contributed by atoms with van der Waals surface area (Å²) in [4.78, 5) is 12.4. The maximum atomic E-state index is 12.4. The van der Waals surface area contributed by atoms with Gasteiger partial charge in [0.2, 0.25) is 0 Å². The zero-order valence-corrected chi connectivity index (χ0v) is 13.8. The van der Waals surface area contributed by atoms with E-state index in [2.05, 4.69) is 5.32 Å². The van der Waals surface area contributed by atoms with E-state index in [-0.39, 0.29) is 5.91 Å². The quantitative estimate of drug-likeness (QED) is 0.833.